The number of nitrogens with zero attached hydrogens (tertiary/aromatic N) is 5. The largest absolute Gasteiger partial charge is 0.773 e. The van der Waals surface area contributed by atoms with Crippen LogP contribution < -0.4 is 10.6 Å². The van der Waals surface area contributed by atoms with Gasteiger partial charge in [0.2, 0.25) is 0 Å². The smallest absolute Gasteiger partial charge is 0.258 e. The fourth-order valence-corrected chi connectivity index (χ4v) is 8.20. The van der Waals surface area contributed by atoms with Crippen LogP contribution in [0, 0.1) is 11.6 Å². The number of alkyl halides is 1. The molecule has 2 amide bonds. The average molecular weight is 978 g/mol. The molecule has 2 aliphatic rings. The van der Waals surface area contributed by atoms with E-state index in [4.69, 9.17) is 17.5 Å². The molecule has 0 saturated carbocycles. The first-order chi connectivity index (χ1) is 32.5. The molecule has 4 aromatic carbocycles. The third-order valence-electron chi connectivity index (χ3n) is 11.3. The zero-order valence-electron chi connectivity index (χ0n) is 38.5. The summed E-state index contributed by atoms with van der Waals surface area (Å²) in [6.07, 6.45) is 6.65. The highest BCUT2D eigenvalue weighted by molar-refractivity contribution is 7.78. The number of likely N-dealkylation sites (N-methyl/N-ethyl adjacent to an activating group) is 1. The van der Waals surface area contributed by atoms with Crippen LogP contribution in [0.1, 0.15) is 67.9 Å². The predicted molar refractivity (Wildman–Crippen MR) is 257 cm³/mol. The molecule has 364 valence electrons. The fraction of sp³-hybridized carbons (Fsp3) is 0.333. The van der Waals surface area contributed by atoms with Crippen LogP contribution in [0.15, 0.2) is 73.1 Å². The first-order valence-electron chi connectivity index (χ1n) is 21.5. The molecule has 0 saturated heterocycles. The fourth-order valence-electron chi connectivity index (χ4n) is 8.20. The molecule has 2 atom stereocenters. The lowest BCUT2D eigenvalue weighted by atomic mass is 9.98. The summed E-state index contributed by atoms with van der Waals surface area (Å²) >= 11 is -3.72. The molecule has 0 bridgehead atoms. The monoisotopic (exact) mass is 977 g/mol. The number of benzene rings is 4. The number of aromatic nitrogens is 2. The van der Waals surface area contributed by atoms with Gasteiger partial charge in [-0.05, 0) is 97.1 Å². The number of carbonyl (C=O) groups excluding carboxylic acids is 2. The quantitative estimate of drug-likeness (QED) is 0.0707. The Hall–Kier alpha value is -6.19. The van der Waals surface area contributed by atoms with Gasteiger partial charge in [-0.3, -0.25) is 28.0 Å². The zero-order valence-corrected chi connectivity index (χ0v) is 40.2. The number of hydrogen-bond acceptors (Lipinski definition) is 13. The van der Waals surface area contributed by atoms with Crippen molar-refractivity contribution in [2.75, 3.05) is 76.6 Å². The van der Waals surface area contributed by atoms with Crippen LogP contribution in [0.25, 0.3) is 21.8 Å². The summed E-state index contributed by atoms with van der Waals surface area (Å²) in [5, 5.41) is 29.5. The van der Waals surface area contributed by atoms with Crippen LogP contribution in [0.2, 0.25) is 0 Å². The minimum absolute atomic E-state index is 0.0182. The van der Waals surface area contributed by atoms with E-state index in [1.807, 2.05) is 19.2 Å². The third-order valence-corrected chi connectivity index (χ3v) is 11.3. The maximum absolute atomic E-state index is 13.2. The number of phenols is 2. The van der Waals surface area contributed by atoms with E-state index in [2.05, 4.69) is 39.3 Å². The van der Waals surface area contributed by atoms with Gasteiger partial charge >= 0.3 is 0 Å². The maximum Gasteiger partial charge on any atom is 0.258 e. The van der Waals surface area contributed by atoms with Crippen molar-refractivity contribution in [3.63, 3.8) is 0 Å². The van der Waals surface area contributed by atoms with Crippen molar-refractivity contribution in [1.29, 1.82) is 0 Å². The molecule has 0 fully saturated rings. The van der Waals surface area contributed by atoms with E-state index < -0.39 is 28.8 Å². The second-order valence-electron chi connectivity index (χ2n) is 15.7. The molecule has 15 nitrogen and oxygen atoms in total. The van der Waals surface area contributed by atoms with Crippen LogP contribution in [0.3, 0.4) is 0 Å². The number of aromatic hydroxyl groups is 2. The molecule has 0 radical (unpaired) electrons. The van der Waals surface area contributed by atoms with Crippen molar-refractivity contribution >= 4 is 67.2 Å². The lowest BCUT2D eigenvalue weighted by Gasteiger charge is -2.22. The third kappa shape index (κ3) is 12.7. The molecule has 4 N–H and O–H groups in total. The summed E-state index contributed by atoms with van der Waals surface area (Å²) < 4.78 is 75.1. The Kier molecular flexibility index (Phi) is 18.8. The van der Waals surface area contributed by atoms with Gasteiger partial charge in [-0.1, -0.05) is 60.3 Å². The molecule has 2 aliphatic heterocycles. The van der Waals surface area contributed by atoms with E-state index in [0.717, 1.165) is 71.0 Å². The lowest BCUT2D eigenvalue weighted by molar-refractivity contribution is 0.0754. The van der Waals surface area contributed by atoms with Gasteiger partial charge < -0.3 is 44.7 Å². The first kappa shape index (κ1) is 52.8. The zero-order chi connectivity index (χ0) is 49.8. The van der Waals surface area contributed by atoms with Gasteiger partial charge in [0.15, 0.2) is 11.5 Å². The number of pyridine rings is 2. The molecule has 20 heteroatoms. The van der Waals surface area contributed by atoms with Gasteiger partial charge in [-0.25, -0.2) is 13.2 Å². The Morgan fingerprint density at radius 3 is 1.38 bits per heavy atom. The van der Waals surface area contributed by atoms with Crippen LogP contribution in [-0.4, -0.2) is 130 Å². The van der Waals surface area contributed by atoms with Crippen molar-refractivity contribution in [2.24, 2.45) is 0 Å². The number of rotatable bonds is 13. The Balaban J connectivity index is 0.000000221. The van der Waals surface area contributed by atoms with Crippen molar-refractivity contribution < 1.29 is 50.5 Å². The number of nitrogens with one attached hydrogen (secondary N) is 2. The predicted octanol–water partition coefficient (Wildman–Crippen LogP) is 6.64. The Labute approximate surface area is 398 Å². The number of hydrogen-bond donors (Lipinski definition) is 4. The minimum atomic E-state index is -1.86. The molecule has 0 aliphatic carbocycles. The van der Waals surface area contributed by atoms with Crippen molar-refractivity contribution in [2.45, 2.75) is 39.8 Å². The topological polar surface area (TPSA) is 214 Å². The van der Waals surface area contributed by atoms with Crippen LogP contribution in [0.4, 0.5) is 24.5 Å². The van der Waals surface area contributed by atoms with Crippen molar-refractivity contribution in [3.05, 3.63) is 129 Å². The van der Waals surface area contributed by atoms with Gasteiger partial charge in [-0.2, -0.15) is 0 Å². The van der Waals surface area contributed by atoms with Gasteiger partial charge in [0.25, 0.3) is 11.8 Å². The second kappa shape index (κ2) is 24.2. The molecular formula is C48H54F3N7O8S2-2. The number of anilines is 2. The van der Waals surface area contributed by atoms with E-state index in [9.17, 15) is 33.0 Å². The number of halogens is 3. The summed E-state index contributed by atoms with van der Waals surface area (Å²) in [6.45, 7) is 7.52. The van der Waals surface area contributed by atoms with Gasteiger partial charge in [0.1, 0.15) is 29.3 Å². The van der Waals surface area contributed by atoms with E-state index in [1.54, 1.807) is 48.6 Å². The number of carbonyl (C=O) groups is 2. The highest BCUT2D eigenvalue weighted by Crippen LogP contribution is 2.44. The standard InChI is InChI=1S/C25H29FN4O2.C21H19F2N3O2.2CH4O2S/c1-4-29(5-2)10-11-30-15-20-21(25(30)32)24(31)23-19(22(20)27-3)13-17(14-28-23)12-16-6-8-18(26)9-7-16;1-24-18-15-9-13(8-12-2-4-14(23)5-3-12)10-25-19(15)20(27)17-16(18)11-26(7-6-22)21(17)28;2*1-4(2)3/h6-9,13-14,27,31H,4-5,10-12,15H2,1-3H3;2-5,9-10,24,27H,6-8,11H2,1H3;2*1H3,(H,2,3)/p-2. The molecule has 4 heterocycles. The molecule has 8 rings (SSSR count). The number of phenolic OH excluding ortho intramolecular Hbond substituents is 2. The van der Waals surface area contributed by atoms with Crippen LogP contribution >= 0.6 is 0 Å². The van der Waals surface area contributed by atoms with Gasteiger partial charge in [0.05, 0.1) is 11.1 Å². The number of amides is 2. The van der Waals surface area contributed by atoms with E-state index >= 15 is 0 Å². The second-order valence-corrected chi connectivity index (χ2v) is 17.3. The van der Waals surface area contributed by atoms with Crippen molar-refractivity contribution in [1.82, 2.24) is 24.7 Å². The number of fused-ring (bicyclic) bond motifs is 4. The minimum Gasteiger partial charge on any atom is -0.773 e. The molecule has 6 aromatic rings. The van der Waals surface area contributed by atoms with E-state index in [1.165, 1.54) is 29.2 Å². The lowest BCUT2D eigenvalue weighted by Crippen LogP contribution is -2.35. The van der Waals surface area contributed by atoms with Crippen molar-refractivity contribution in [3.8, 4) is 11.5 Å². The molecular weight excluding hydrogens is 924 g/mol. The summed E-state index contributed by atoms with van der Waals surface area (Å²) in [6, 6.07) is 16.5. The van der Waals surface area contributed by atoms with Crippen LogP contribution in [0.5, 0.6) is 11.5 Å². The molecule has 68 heavy (non-hydrogen) atoms. The van der Waals surface area contributed by atoms with Gasteiger partial charge in [-0.15, -0.1) is 0 Å². The maximum atomic E-state index is 13.2. The summed E-state index contributed by atoms with van der Waals surface area (Å²) in [5.74, 6) is -1.33. The Morgan fingerprint density at radius 1 is 0.676 bits per heavy atom. The van der Waals surface area contributed by atoms with Crippen LogP contribution in [-0.2, 0) is 48.1 Å². The molecule has 2 unspecified atom stereocenters. The average Bonchev–Trinajstić information content (AvgIpc) is 3.81. The van der Waals surface area contributed by atoms with E-state index in [0.29, 0.717) is 59.2 Å². The first-order valence-corrected chi connectivity index (χ1v) is 24.5. The molecule has 2 aromatic heterocycles. The Morgan fingerprint density at radius 2 is 1.04 bits per heavy atom. The summed E-state index contributed by atoms with van der Waals surface area (Å²) in [5.41, 5.74) is 7.98. The normalized spacial score (nSPS) is 13.5. The highest BCUT2D eigenvalue weighted by atomic mass is 32.2. The summed E-state index contributed by atoms with van der Waals surface area (Å²) in [4.78, 5) is 40.0. The Bertz CT molecular complexity index is 2780. The van der Waals surface area contributed by atoms with Gasteiger partial charge in [0, 0.05) is 92.5 Å². The summed E-state index contributed by atoms with van der Waals surface area (Å²) in [7, 11) is 3.56. The van der Waals surface area contributed by atoms with E-state index in [-0.39, 0.29) is 53.6 Å². The highest BCUT2D eigenvalue weighted by Gasteiger charge is 2.36. The SMILES string of the molecule is CCN(CC)CCN1Cc2c(c(O)c3ncc(Cc4ccc(F)cc4)cc3c2NC)C1=O.CNc1c2c(c(O)c3ncc(Cc4ccc(F)cc4)cc13)C(=O)N(CCF)C2.CS(=O)[O-].CS(=O)[O-]. The molecule has 0 spiro atoms.